The molecule has 0 aliphatic heterocycles. The molecule has 0 aliphatic rings. The van der Waals surface area contributed by atoms with Crippen molar-refractivity contribution in [3.8, 4) is 0 Å². The molecule has 0 fully saturated rings. The van der Waals surface area contributed by atoms with Crippen molar-refractivity contribution >= 4 is 15.9 Å². The quantitative estimate of drug-likeness (QED) is 0.664. The Hall–Kier alpha value is -1.16. The first kappa shape index (κ1) is 14.3. The zero-order chi connectivity index (χ0) is 13.8. The number of hydrogen-bond acceptors (Lipinski definition) is 2. The molecule has 0 saturated carbocycles. The van der Waals surface area contributed by atoms with Gasteiger partial charge in [0.1, 0.15) is 0 Å². The Balaban J connectivity index is 2.22. The molecule has 0 heterocycles. The first-order chi connectivity index (χ1) is 9.10. The van der Waals surface area contributed by atoms with Crippen LogP contribution in [0.15, 0.2) is 46.9 Å². The maximum Gasteiger partial charge on any atom is 0.0502 e. The lowest BCUT2D eigenvalue weighted by Gasteiger charge is -2.19. The summed E-state index contributed by atoms with van der Waals surface area (Å²) in [6, 6.07) is 15.0. The standard InChI is InChI=1S/C16H19BrN2/c1-11-3-8-15(12(2)9-11)16(19-18)10-13-4-6-14(17)7-5-13/h3-9,16,19H,10,18H2,1-2H3. The van der Waals surface area contributed by atoms with Gasteiger partial charge in [-0.15, -0.1) is 0 Å². The third-order valence-electron chi connectivity index (χ3n) is 3.35. The summed E-state index contributed by atoms with van der Waals surface area (Å²) in [4.78, 5) is 0. The van der Waals surface area contributed by atoms with E-state index in [1.165, 1.54) is 22.3 Å². The van der Waals surface area contributed by atoms with Gasteiger partial charge in [-0.3, -0.25) is 11.3 Å². The van der Waals surface area contributed by atoms with Gasteiger partial charge in [0.2, 0.25) is 0 Å². The monoisotopic (exact) mass is 318 g/mol. The van der Waals surface area contributed by atoms with Gasteiger partial charge in [0, 0.05) is 4.47 Å². The highest BCUT2D eigenvalue weighted by atomic mass is 79.9. The molecule has 2 aromatic carbocycles. The molecular formula is C16H19BrN2. The maximum absolute atomic E-state index is 5.73. The topological polar surface area (TPSA) is 38.0 Å². The number of nitrogens with two attached hydrogens (primary N) is 1. The molecule has 0 bridgehead atoms. The van der Waals surface area contributed by atoms with Crippen LogP contribution >= 0.6 is 15.9 Å². The summed E-state index contributed by atoms with van der Waals surface area (Å²) in [6.07, 6.45) is 0.883. The van der Waals surface area contributed by atoms with Crippen LogP contribution in [0.5, 0.6) is 0 Å². The minimum Gasteiger partial charge on any atom is -0.271 e. The smallest absolute Gasteiger partial charge is 0.0502 e. The van der Waals surface area contributed by atoms with Gasteiger partial charge < -0.3 is 0 Å². The van der Waals surface area contributed by atoms with Crippen LogP contribution in [-0.2, 0) is 6.42 Å². The van der Waals surface area contributed by atoms with Crippen LogP contribution in [0.2, 0.25) is 0 Å². The lowest BCUT2D eigenvalue weighted by Crippen LogP contribution is -2.30. The molecule has 2 rings (SSSR count). The minimum absolute atomic E-state index is 0.141. The van der Waals surface area contributed by atoms with E-state index in [1.54, 1.807) is 0 Å². The fraction of sp³-hybridized carbons (Fsp3) is 0.250. The summed E-state index contributed by atoms with van der Waals surface area (Å²) in [7, 11) is 0. The van der Waals surface area contributed by atoms with E-state index < -0.39 is 0 Å². The van der Waals surface area contributed by atoms with Gasteiger partial charge in [0.25, 0.3) is 0 Å². The van der Waals surface area contributed by atoms with E-state index in [-0.39, 0.29) is 6.04 Å². The van der Waals surface area contributed by atoms with Crippen LogP contribution in [0.4, 0.5) is 0 Å². The van der Waals surface area contributed by atoms with Crippen LogP contribution in [0.3, 0.4) is 0 Å². The van der Waals surface area contributed by atoms with Gasteiger partial charge in [-0.05, 0) is 49.1 Å². The number of hydrogen-bond donors (Lipinski definition) is 2. The van der Waals surface area contributed by atoms with Crippen molar-refractivity contribution in [1.82, 2.24) is 5.43 Å². The highest BCUT2D eigenvalue weighted by Crippen LogP contribution is 2.23. The van der Waals surface area contributed by atoms with Gasteiger partial charge in [-0.25, -0.2) is 0 Å². The summed E-state index contributed by atoms with van der Waals surface area (Å²) >= 11 is 3.45. The molecule has 0 spiro atoms. The van der Waals surface area contributed by atoms with Crippen molar-refractivity contribution in [2.75, 3.05) is 0 Å². The second-order valence-electron chi connectivity index (χ2n) is 4.91. The second kappa shape index (κ2) is 6.33. The van der Waals surface area contributed by atoms with Gasteiger partial charge >= 0.3 is 0 Å². The Bertz CT molecular complexity index is 549. The van der Waals surface area contributed by atoms with Crippen molar-refractivity contribution in [3.05, 3.63) is 69.2 Å². The highest BCUT2D eigenvalue weighted by molar-refractivity contribution is 9.10. The molecule has 0 aromatic heterocycles. The Morgan fingerprint density at radius 1 is 1.11 bits per heavy atom. The fourth-order valence-electron chi connectivity index (χ4n) is 2.33. The van der Waals surface area contributed by atoms with Crippen molar-refractivity contribution < 1.29 is 0 Å². The maximum atomic E-state index is 5.73. The number of hydrazine groups is 1. The number of nitrogens with one attached hydrogen (secondary N) is 1. The molecular weight excluding hydrogens is 300 g/mol. The third kappa shape index (κ3) is 3.66. The average molecular weight is 319 g/mol. The van der Waals surface area contributed by atoms with Crippen molar-refractivity contribution in [2.24, 2.45) is 5.84 Å². The number of halogens is 1. The molecule has 3 N–H and O–H groups in total. The van der Waals surface area contributed by atoms with Crippen LogP contribution in [-0.4, -0.2) is 0 Å². The number of rotatable bonds is 4. The number of benzene rings is 2. The molecule has 19 heavy (non-hydrogen) atoms. The molecule has 0 saturated heterocycles. The van der Waals surface area contributed by atoms with E-state index in [0.717, 1.165) is 10.9 Å². The lowest BCUT2D eigenvalue weighted by molar-refractivity contribution is 0.549. The van der Waals surface area contributed by atoms with E-state index in [1.807, 2.05) is 0 Å². The van der Waals surface area contributed by atoms with E-state index >= 15 is 0 Å². The van der Waals surface area contributed by atoms with Crippen LogP contribution < -0.4 is 11.3 Å². The lowest BCUT2D eigenvalue weighted by atomic mass is 9.95. The molecule has 1 unspecified atom stereocenters. The minimum atomic E-state index is 0.141. The van der Waals surface area contributed by atoms with Crippen LogP contribution in [0, 0.1) is 13.8 Å². The summed E-state index contributed by atoms with van der Waals surface area (Å²) in [5.74, 6) is 5.73. The Morgan fingerprint density at radius 2 is 1.79 bits per heavy atom. The Labute approximate surface area is 123 Å². The zero-order valence-corrected chi connectivity index (χ0v) is 12.9. The van der Waals surface area contributed by atoms with Crippen molar-refractivity contribution in [2.45, 2.75) is 26.3 Å². The Morgan fingerprint density at radius 3 is 2.37 bits per heavy atom. The van der Waals surface area contributed by atoms with Crippen molar-refractivity contribution in [3.63, 3.8) is 0 Å². The predicted molar refractivity (Wildman–Crippen MR) is 83.8 cm³/mol. The van der Waals surface area contributed by atoms with Gasteiger partial charge in [0.05, 0.1) is 6.04 Å². The second-order valence-corrected chi connectivity index (χ2v) is 5.83. The highest BCUT2D eigenvalue weighted by Gasteiger charge is 2.12. The molecule has 3 heteroatoms. The summed E-state index contributed by atoms with van der Waals surface area (Å²) < 4.78 is 1.10. The van der Waals surface area contributed by atoms with E-state index in [0.29, 0.717) is 0 Å². The van der Waals surface area contributed by atoms with E-state index in [4.69, 9.17) is 5.84 Å². The summed E-state index contributed by atoms with van der Waals surface area (Å²) in [6.45, 7) is 4.24. The summed E-state index contributed by atoms with van der Waals surface area (Å²) in [5, 5.41) is 0. The summed E-state index contributed by atoms with van der Waals surface area (Å²) in [5.41, 5.74) is 8.02. The van der Waals surface area contributed by atoms with Crippen LogP contribution in [0.25, 0.3) is 0 Å². The van der Waals surface area contributed by atoms with E-state index in [2.05, 4.69) is 77.7 Å². The van der Waals surface area contributed by atoms with Gasteiger partial charge in [-0.2, -0.15) is 0 Å². The average Bonchev–Trinajstić information content (AvgIpc) is 2.39. The predicted octanol–water partition coefficient (Wildman–Crippen LogP) is 3.81. The van der Waals surface area contributed by atoms with Crippen molar-refractivity contribution in [1.29, 1.82) is 0 Å². The molecule has 0 amide bonds. The SMILES string of the molecule is Cc1ccc(C(Cc2ccc(Br)cc2)NN)c(C)c1. The molecule has 2 nitrogen and oxygen atoms in total. The van der Waals surface area contributed by atoms with Gasteiger partial charge in [0.15, 0.2) is 0 Å². The molecule has 100 valence electrons. The van der Waals surface area contributed by atoms with Crippen LogP contribution in [0.1, 0.15) is 28.3 Å². The fourth-order valence-corrected chi connectivity index (χ4v) is 2.60. The van der Waals surface area contributed by atoms with Gasteiger partial charge in [-0.1, -0.05) is 51.8 Å². The first-order valence-corrected chi connectivity index (χ1v) is 7.17. The zero-order valence-electron chi connectivity index (χ0n) is 11.3. The molecule has 0 radical (unpaired) electrons. The van der Waals surface area contributed by atoms with E-state index in [9.17, 15) is 0 Å². The molecule has 1 atom stereocenters. The molecule has 2 aromatic rings. The largest absolute Gasteiger partial charge is 0.271 e. The number of aryl methyl sites for hydroxylation is 2. The Kier molecular flexibility index (Phi) is 4.75. The first-order valence-electron chi connectivity index (χ1n) is 6.38. The molecule has 0 aliphatic carbocycles. The third-order valence-corrected chi connectivity index (χ3v) is 3.88. The normalized spacial score (nSPS) is 12.4.